The van der Waals surface area contributed by atoms with Crippen LogP contribution < -0.4 is 5.73 Å². The lowest BCUT2D eigenvalue weighted by atomic mass is 10.2. The van der Waals surface area contributed by atoms with Crippen molar-refractivity contribution < 1.29 is 9.13 Å². The van der Waals surface area contributed by atoms with E-state index >= 15 is 0 Å². The third-order valence-corrected chi connectivity index (χ3v) is 1.16. The average molecular weight is 135 g/mol. The van der Waals surface area contributed by atoms with E-state index in [0.717, 1.165) is 0 Å². The van der Waals surface area contributed by atoms with Gasteiger partial charge in [-0.25, -0.2) is 4.39 Å². The predicted octanol–water partition coefficient (Wildman–Crippen LogP) is 0.708. The Labute approximate surface area is 55.2 Å². The van der Waals surface area contributed by atoms with Crippen molar-refractivity contribution in [2.24, 2.45) is 5.73 Å². The highest BCUT2D eigenvalue weighted by atomic mass is 19.1. The minimum absolute atomic E-state index is 0.0428. The van der Waals surface area contributed by atoms with E-state index in [9.17, 15) is 4.39 Å². The highest BCUT2D eigenvalue weighted by Gasteiger charge is 2.12. The first kappa shape index (κ1) is 8.85. The molecule has 9 heavy (non-hydrogen) atoms. The number of halogens is 1. The van der Waals surface area contributed by atoms with Crippen molar-refractivity contribution in [2.45, 2.75) is 26.1 Å². The molecule has 0 aliphatic carbocycles. The molecule has 3 heteroatoms. The summed E-state index contributed by atoms with van der Waals surface area (Å²) in [6.45, 7) is 4.10. The van der Waals surface area contributed by atoms with E-state index in [-0.39, 0.29) is 12.6 Å². The highest BCUT2D eigenvalue weighted by molar-refractivity contribution is 4.63. The molecule has 0 rings (SSSR count). The fourth-order valence-electron chi connectivity index (χ4n) is 0.559. The summed E-state index contributed by atoms with van der Waals surface area (Å²) in [6.07, 6.45) is -1.38. The third kappa shape index (κ3) is 3.43. The molecule has 2 unspecified atom stereocenters. The third-order valence-electron chi connectivity index (χ3n) is 1.16. The normalized spacial score (nSPS) is 17.3. The van der Waals surface area contributed by atoms with Gasteiger partial charge in [0, 0.05) is 13.2 Å². The first-order valence-corrected chi connectivity index (χ1v) is 3.18. The van der Waals surface area contributed by atoms with Crippen LogP contribution in [0.15, 0.2) is 0 Å². The summed E-state index contributed by atoms with van der Waals surface area (Å²) < 4.78 is 17.4. The number of nitrogens with two attached hydrogens (primary N) is 1. The monoisotopic (exact) mass is 135 g/mol. The first-order valence-electron chi connectivity index (χ1n) is 3.18. The van der Waals surface area contributed by atoms with Gasteiger partial charge in [-0.1, -0.05) is 0 Å². The van der Waals surface area contributed by atoms with Crippen LogP contribution in [0.2, 0.25) is 0 Å². The lowest BCUT2D eigenvalue weighted by molar-refractivity contribution is 0.0203. The standard InChI is InChI=1S/C6H14FNO/c1-3-9-5(2)6(7)4-8/h5-6H,3-4,8H2,1-2H3. The quantitative estimate of drug-likeness (QED) is 0.616. The molecule has 0 aromatic carbocycles. The van der Waals surface area contributed by atoms with Crippen molar-refractivity contribution in [1.29, 1.82) is 0 Å². The second-order valence-corrected chi connectivity index (χ2v) is 1.91. The molecule has 0 fully saturated rings. The number of alkyl halides is 1. The van der Waals surface area contributed by atoms with Crippen molar-refractivity contribution in [3.8, 4) is 0 Å². The molecule has 0 aromatic rings. The molecule has 0 aliphatic heterocycles. The van der Waals surface area contributed by atoms with E-state index in [0.29, 0.717) is 6.61 Å². The SMILES string of the molecule is CCOC(C)C(F)CN. The summed E-state index contributed by atoms with van der Waals surface area (Å²) in [5.41, 5.74) is 5.05. The summed E-state index contributed by atoms with van der Waals surface area (Å²) >= 11 is 0. The average Bonchev–Trinajstić information content (AvgIpc) is 1.87. The van der Waals surface area contributed by atoms with Crippen molar-refractivity contribution >= 4 is 0 Å². The van der Waals surface area contributed by atoms with Crippen molar-refractivity contribution in [2.75, 3.05) is 13.2 Å². The van der Waals surface area contributed by atoms with Gasteiger partial charge in [0.25, 0.3) is 0 Å². The Bertz CT molecular complexity index is 70.1. The van der Waals surface area contributed by atoms with E-state index < -0.39 is 6.17 Å². The lowest BCUT2D eigenvalue weighted by Gasteiger charge is -2.13. The van der Waals surface area contributed by atoms with Gasteiger partial charge in [0.2, 0.25) is 0 Å². The van der Waals surface area contributed by atoms with Gasteiger partial charge in [0.1, 0.15) is 6.17 Å². The molecule has 0 saturated heterocycles. The van der Waals surface area contributed by atoms with Crippen LogP contribution in [0, 0.1) is 0 Å². The van der Waals surface area contributed by atoms with Crippen molar-refractivity contribution in [3.63, 3.8) is 0 Å². The maximum Gasteiger partial charge on any atom is 0.138 e. The molecule has 0 aliphatic rings. The Balaban J connectivity index is 3.32. The maximum atomic E-state index is 12.5. The van der Waals surface area contributed by atoms with Gasteiger partial charge in [0.05, 0.1) is 6.10 Å². The summed E-state index contributed by atoms with van der Waals surface area (Å²) in [7, 11) is 0. The number of rotatable bonds is 4. The van der Waals surface area contributed by atoms with Gasteiger partial charge in [0.15, 0.2) is 0 Å². The summed E-state index contributed by atoms with van der Waals surface area (Å²) in [6, 6.07) is 0. The van der Waals surface area contributed by atoms with Gasteiger partial charge in [-0.05, 0) is 13.8 Å². The fraction of sp³-hybridized carbons (Fsp3) is 1.00. The molecule has 56 valence electrons. The zero-order valence-corrected chi connectivity index (χ0v) is 5.93. The fourth-order valence-corrected chi connectivity index (χ4v) is 0.559. The first-order chi connectivity index (χ1) is 4.22. The largest absolute Gasteiger partial charge is 0.376 e. The van der Waals surface area contributed by atoms with Gasteiger partial charge in [-0.15, -0.1) is 0 Å². The Morgan fingerprint density at radius 2 is 2.22 bits per heavy atom. The van der Waals surface area contributed by atoms with Crippen LogP contribution in [0.25, 0.3) is 0 Å². The minimum Gasteiger partial charge on any atom is -0.376 e. The summed E-state index contributed by atoms with van der Waals surface area (Å²) in [5.74, 6) is 0. The molecular formula is C6H14FNO. The number of hydrogen-bond donors (Lipinski definition) is 1. The van der Waals surface area contributed by atoms with E-state index in [2.05, 4.69) is 0 Å². The number of hydrogen-bond acceptors (Lipinski definition) is 2. The molecule has 0 amide bonds. The molecule has 0 radical (unpaired) electrons. The molecule has 2 atom stereocenters. The van der Waals surface area contributed by atoms with E-state index in [1.54, 1.807) is 6.92 Å². The second kappa shape index (κ2) is 4.70. The Morgan fingerprint density at radius 3 is 2.56 bits per heavy atom. The van der Waals surface area contributed by atoms with E-state index in [1.807, 2.05) is 6.92 Å². The molecule has 0 bridgehead atoms. The van der Waals surface area contributed by atoms with Gasteiger partial charge >= 0.3 is 0 Å². The van der Waals surface area contributed by atoms with Crippen LogP contribution in [-0.4, -0.2) is 25.4 Å². The molecular weight excluding hydrogens is 121 g/mol. The maximum absolute atomic E-state index is 12.5. The lowest BCUT2D eigenvalue weighted by Crippen LogP contribution is -2.29. The van der Waals surface area contributed by atoms with Crippen molar-refractivity contribution in [3.05, 3.63) is 0 Å². The minimum atomic E-state index is -1.02. The smallest absolute Gasteiger partial charge is 0.138 e. The van der Waals surface area contributed by atoms with E-state index in [4.69, 9.17) is 10.5 Å². The summed E-state index contributed by atoms with van der Waals surface area (Å²) in [4.78, 5) is 0. The van der Waals surface area contributed by atoms with Gasteiger partial charge in [-0.3, -0.25) is 0 Å². The van der Waals surface area contributed by atoms with Crippen LogP contribution in [0.4, 0.5) is 4.39 Å². The van der Waals surface area contributed by atoms with Gasteiger partial charge in [-0.2, -0.15) is 0 Å². The number of ether oxygens (including phenoxy) is 1. The topological polar surface area (TPSA) is 35.2 Å². The Kier molecular flexibility index (Phi) is 4.62. The predicted molar refractivity (Wildman–Crippen MR) is 35.0 cm³/mol. The molecule has 0 spiro atoms. The van der Waals surface area contributed by atoms with Crippen LogP contribution in [-0.2, 0) is 4.74 Å². The van der Waals surface area contributed by atoms with Crippen LogP contribution in [0.1, 0.15) is 13.8 Å². The molecule has 0 saturated carbocycles. The molecule has 2 N–H and O–H groups in total. The van der Waals surface area contributed by atoms with Gasteiger partial charge < -0.3 is 10.5 Å². The van der Waals surface area contributed by atoms with Crippen LogP contribution in [0.3, 0.4) is 0 Å². The summed E-state index contributed by atoms with van der Waals surface area (Å²) in [5, 5.41) is 0. The van der Waals surface area contributed by atoms with Crippen LogP contribution in [0.5, 0.6) is 0 Å². The molecule has 0 heterocycles. The molecule has 0 aromatic heterocycles. The molecule has 2 nitrogen and oxygen atoms in total. The second-order valence-electron chi connectivity index (χ2n) is 1.91. The highest BCUT2D eigenvalue weighted by Crippen LogP contribution is 2.00. The zero-order valence-electron chi connectivity index (χ0n) is 5.93. The Hall–Kier alpha value is -0.150. The zero-order chi connectivity index (χ0) is 7.28. The van der Waals surface area contributed by atoms with Crippen molar-refractivity contribution in [1.82, 2.24) is 0 Å². The Morgan fingerprint density at radius 1 is 1.67 bits per heavy atom. The van der Waals surface area contributed by atoms with Crippen LogP contribution >= 0.6 is 0 Å². The van der Waals surface area contributed by atoms with E-state index in [1.165, 1.54) is 0 Å².